The van der Waals surface area contributed by atoms with E-state index in [9.17, 15) is 0 Å². The van der Waals surface area contributed by atoms with Crippen LogP contribution in [-0.2, 0) is 11.2 Å². The van der Waals surface area contributed by atoms with Crippen LogP contribution in [0.2, 0.25) is 0 Å². The lowest BCUT2D eigenvalue weighted by molar-refractivity contribution is -0.0833. The number of rotatable bonds is 7. The predicted molar refractivity (Wildman–Crippen MR) is 83.5 cm³/mol. The lowest BCUT2D eigenvalue weighted by Crippen LogP contribution is -2.46. The molecular formula is C16H24BrNO. The van der Waals surface area contributed by atoms with Crippen LogP contribution in [0.25, 0.3) is 0 Å². The van der Waals surface area contributed by atoms with Crippen molar-refractivity contribution in [3.63, 3.8) is 0 Å². The molecule has 1 unspecified atom stereocenters. The molecule has 1 atom stereocenters. The van der Waals surface area contributed by atoms with Gasteiger partial charge in [0.1, 0.15) is 0 Å². The number of ether oxygens (including phenoxy) is 1. The van der Waals surface area contributed by atoms with Gasteiger partial charge < -0.3 is 10.1 Å². The van der Waals surface area contributed by atoms with Crippen molar-refractivity contribution in [3.05, 3.63) is 34.3 Å². The first-order valence-corrected chi connectivity index (χ1v) is 8.00. The Kier molecular flexibility index (Phi) is 5.43. The maximum absolute atomic E-state index is 5.76. The van der Waals surface area contributed by atoms with Gasteiger partial charge in [-0.25, -0.2) is 0 Å². The highest BCUT2D eigenvalue weighted by Gasteiger charge is 2.38. The summed E-state index contributed by atoms with van der Waals surface area (Å²) in [5, 5.41) is 3.61. The van der Waals surface area contributed by atoms with Crippen molar-refractivity contribution in [2.24, 2.45) is 0 Å². The molecule has 1 saturated carbocycles. The van der Waals surface area contributed by atoms with Gasteiger partial charge >= 0.3 is 0 Å². The van der Waals surface area contributed by atoms with Crippen molar-refractivity contribution in [1.29, 1.82) is 0 Å². The molecule has 1 aromatic rings. The van der Waals surface area contributed by atoms with Crippen LogP contribution in [0.5, 0.6) is 0 Å². The van der Waals surface area contributed by atoms with Gasteiger partial charge in [-0.15, -0.1) is 0 Å². The molecule has 0 spiro atoms. The van der Waals surface area contributed by atoms with Gasteiger partial charge in [0.25, 0.3) is 0 Å². The quantitative estimate of drug-likeness (QED) is 0.820. The number of hydrogen-bond acceptors (Lipinski definition) is 2. The van der Waals surface area contributed by atoms with Gasteiger partial charge in [-0.1, -0.05) is 35.0 Å². The first-order valence-electron chi connectivity index (χ1n) is 7.20. The van der Waals surface area contributed by atoms with Gasteiger partial charge in [0.15, 0.2) is 0 Å². The van der Waals surface area contributed by atoms with Gasteiger partial charge in [-0.2, -0.15) is 0 Å². The van der Waals surface area contributed by atoms with E-state index in [0.717, 1.165) is 23.9 Å². The zero-order chi connectivity index (χ0) is 13.7. The summed E-state index contributed by atoms with van der Waals surface area (Å²) >= 11 is 3.49. The normalized spacial score (nSPS) is 18.9. The van der Waals surface area contributed by atoms with Crippen molar-refractivity contribution in [2.75, 3.05) is 13.7 Å². The van der Waals surface area contributed by atoms with Crippen molar-refractivity contribution in [1.82, 2.24) is 5.32 Å². The molecule has 1 aliphatic carbocycles. The van der Waals surface area contributed by atoms with Crippen LogP contribution in [0, 0.1) is 0 Å². The van der Waals surface area contributed by atoms with Gasteiger partial charge in [0.05, 0.1) is 5.60 Å². The van der Waals surface area contributed by atoms with E-state index >= 15 is 0 Å². The fourth-order valence-corrected chi connectivity index (χ4v) is 3.19. The van der Waals surface area contributed by atoms with E-state index in [1.165, 1.54) is 24.8 Å². The molecule has 0 heterocycles. The fourth-order valence-electron chi connectivity index (χ4n) is 2.92. The number of methoxy groups -OCH3 is 1. The minimum atomic E-state index is 0.141. The summed E-state index contributed by atoms with van der Waals surface area (Å²) in [6, 6.07) is 9.15. The summed E-state index contributed by atoms with van der Waals surface area (Å²) in [6.45, 7) is 3.19. The van der Waals surface area contributed by atoms with E-state index in [2.05, 4.69) is 52.4 Å². The second kappa shape index (κ2) is 6.87. The van der Waals surface area contributed by atoms with Crippen LogP contribution in [0.15, 0.2) is 28.7 Å². The molecule has 1 fully saturated rings. The van der Waals surface area contributed by atoms with E-state index in [1.807, 2.05) is 7.11 Å². The molecule has 3 heteroatoms. The number of likely N-dealkylation sites (N-methyl/N-ethyl adjacent to an activating group) is 1. The van der Waals surface area contributed by atoms with Crippen molar-refractivity contribution in [3.8, 4) is 0 Å². The standard InChI is InChI=1S/C16H24BrNO/c1-3-18-15(12-16(19-2)9-4-10-16)11-13-5-7-14(17)8-6-13/h5-8,15,18H,3-4,9-12H2,1-2H3. The molecule has 1 aliphatic rings. The lowest BCUT2D eigenvalue weighted by Gasteiger charge is -2.43. The van der Waals surface area contributed by atoms with Gasteiger partial charge in [-0.05, 0) is 56.3 Å². The summed E-state index contributed by atoms with van der Waals surface area (Å²) < 4.78 is 6.90. The number of hydrogen-bond donors (Lipinski definition) is 1. The SMILES string of the molecule is CCNC(Cc1ccc(Br)cc1)CC1(OC)CCC1. The van der Waals surface area contributed by atoms with Gasteiger partial charge in [0, 0.05) is 17.6 Å². The van der Waals surface area contributed by atoms with Gasteiger partial charge in [-0.3, -0.25) is 0 Å². The van der Waals surface area contributed by atoms with Crippen LogP contribution in [0.3, 0.4) is 0 Å². The molecule has 1 aromatic carbocycles. The summed E-state index contributed by atoms with van der Waals surface area (Å²) in [5.74, 6) is 0. The Bertz CT molecular complexity index is 381. The van der Waals surface area contributed by atoms with Crippen LogP contribution in [0.1, 0.15) is 38.2 Å². The molecule has 0 bridgehead atoms. The van der Waals surface area contributed by atoms with E-state index in [4.69, 9.17) is 4.74 Å². The predicted octanol–water partition coefficient (Wildman–Crippen LogP) is 3.93. The first-order chi connectivity index (χ1) is 9.17. The van der Waals surface area contributed by atoms with E-state index in [-0.39, 0.29) is 5.60 Å². The largest absolute Gasteiger partial charge is 0.378 e. The first kappa shape index (κ1) is 15.0. The highest BCUT2D eigenvalue weighted by molar-refractivity contribution is 9.10. The molecule has 0 radical (unpaired) electrons. The third-order valence-corrected chi connectivity index (χ3v) is 4.73. The highest BCUT2D eigenvalue weighted by atomic mass is 79.9. The highest BCUT2D eigenvalue weighted by Crippen LogP contribution is 2.39. The maximum atomic E-state index is 5.76. The Balaban J connectivity index is 1.97. The van der Waals surface area contributed by atoms with Crippen LogP contribution in [-0.4, -0.2) is 25.3 Å². The van der Waals surface area contributed by atoms with Crippen molar-refractivity contribution < 1.29 is 4.74 Å². The number of benzene rings is 1. The third-order valence-electron chi connectivity index (χ3n) is 4.20. The van der Waals surface area contributed by atoms with E-state index in [0.29, 0.717) is 6.04 Å². The van der Waals surface area contributed by atoms with E-state index in [1.54, 1.807) is 0 Å². The molecule has 1 N–H and O–H groups in total. The minimum Gasteiger partial charge on any atom is -0.378 e. The van der Waals surface area contributed by atoms with Crippen molar-refractivity contribution in [2.45, 2.75) is 50.7 Å². The topological polar surface area (TPSA) is 21.3 Å². The number of nitrogens with one attached hydrogen (secondary N) is 1. The summed E-state index contributed by atoms with van der Waals surface area (Å²) in [7, 11) is 1.86. The second-order valence-electron chi connectivity index (χ2n) is 5.53. The smallest absolute Gasteiger partial charge is 0.0693 e. The Labute approximate surface area is 125 Å². The molecule has 0 amide bonds. The molecule has 0 saturated heterocycles. The lowest BCUT2D eigenvalue weighted by atomic mass is 9.75. The minimum absolute atomic E-state index is 0.141. The van der Waals surface area contributed by atoms with Crippen LogP contribution >= 0.6 is 15.9 Å². The Morgan fingerprint density at radius 3 is 2.47 bits per heavy atom. The fraction of sp³-hybridized carbons (Fsp3) is 0.625. The van der Waals surface area contributed by atoms with Crippen LogP contribution < -0.4 is 5.32 Å². The summed E-state index contributed by atoms with van der Waals surface area (Å²) in [4.78, 5) is 0. The average molecular weight is 326 g/mol. The zero-order valence-corrected chi connectivity index (χ0v) is 13.5. The summed E-state index contributed by atoms with van der Waals surface area (Å²) in [5.41, 5.74) is 1.53. The monoisotopic (exact) mass is 325 g/mol. The molecule has 19 heavy (non-hydrogen) atoms. The second-order valence-corrected chi connectivity index (χ2v) is 6.45. The average Bonchev–Trinajstić information content (AvgIpc) is 2.37. The zero-order valence-electron chi connectivity index (χ0n) is 11.9. The third kappa shape index (κ3) is 4.04. The number of halogens is 1. The van der Waals surface area contributed by atoms with Gasteiger partial charge in [0.2, 0.25) is 0 Å². The molecule has 0 aliphatic heterocycles. The molecule has 106 valence electrons. The molecule has 0 aromatic heterocycles. The summed E-state index contributed by atoms with van der Waals surface area (Å²) in [6.07, 6.45) is 5.93. The van der Waals surface area contributed by atoms with E-state index < -0.39 is 0 Å². The molecule has 2 nitrogen and oxygen atoms in total. The molecular weight excluding hydrogens is 302 g/mol. The Morgan fingerprint density at radius 1 is 1.32 bits per heavy atom. The van der Waals surface area contributed by atoms with Crippen molar-refractivity contribution >= 4 is 15.9 Å². The van der Waals surface area contributed by atoms with Crippen LogP contribution in [0.4, 0.5) is 0 Å². The Hall–Kier alpha value is -0.380. The molecule has 2 rings (SSSR count). The maximum Gasteiger partial charge on any atom is 0.0693 e. The Morgan fingerprint density at radius 2 is 2.00 bits per heavy atom.